The van der Waals surface area contributed by atoms with Gasteiger partial charge in [0.1, 0.15) is 0 Å². The fourth-order valence-electron chi connectivity index (χ4n) is 1.38. The van der Waals surface area contributed by atoms with Crippen molar-refractivity contribution in [3.8, 4) is 0 Å². The van der Waals surface area contributed by atoms with Crippen LogP contribution < -0.4 is 10.6 Å². The predicted molar refractivity (Wildman–Crippen MR) is 74.3 cm³/mol. The summed E-state index contributed by atoms with van der Waals surface area (Å²) < 4.78 is 1.01. The minimum atomic E-state index is -0.210. The molecular formula is C11H12BrN3OS. The minimum Gasteiger partial charge on any atom is -0.334 e. The van der Waals surface area contributed by atoms with E-state index >= 15 is 0 Å². The molecule has 0 saturated heterocycles. The molecule has 0 atom stereocenters. The highest BCUT2D eigenvalue weighted by atomic mass is 79.9. The van der Waals surface area contributed by atoms with Crippen LogP contribution in [0, 0.1) is 0 Å². The van der Waals surface area contributed by atoms with Crippen molar-refractivity contribution in [3.05, 3.63) is 34.3 Å². The number of hydrogen-bond acceptors (Lipinski definition) is 3. The lowest BCUT2D eigenvalue weighted by atomic mass is 10.2. The van der Waals surface area contributed by atoms with Crippen LogP contribution in [0.2, 0.25) is 0 Å². The number of amidine groups is 1. The number of halogens is 1. The largest absolute Gasteiger partial charge is 0.334 e. The van der Waals surface area contributed by atoms with E-state index in [4.69, 9.17) is 0 Å². The SMILES string of the molecule is O=C(NCc1cccc(Br)c1)NC1=NCCS1. The molecule has 6 heteroatoms. The van der Waals surface area contributed by atoms with E-state index < -0.39 is 0 Å². The fourth-order valence-corrected chi connectivity index (χ4v) is 2.55. The van der Waals surface area contributed by atoms with Gasteiger partial charge < -0.3 is 5.32 Å². The highest BCUT2D eigenvalue weighted by Crippen LogP contribution is 2.11. The smallest absolute Gasteiger partial charge is 0.321 e. The zero-order valence-electron chi connectivity index (χ0n) is 9.07. The molecule has 0 fully saturated rings. The van der Waals surface area contributed by atoms with Gasteiger partial charge in [-0.1, -0.05) is 39.8 Å². The molecule has 0 aliphatic carbocycles. The van der Waals surface area contributed by atoms with Gasteiger partial charge in [0.2, 0.25) is 0 Å². The zero-order valence-corrected chi connectivity index (χ0v) is 11.5. The van der Waals surface area contributed by atoms with Crippen molar-refractivity contribution in [1.82, 2.24) is 10.6 Å². The van der Waals surface area contributed by atoms with Crippen molar-refractivity contribution in [2.24, 2.45) is 4.99 Å². The van der Waals surface area contributed by atoms with Crippen molar-refractivity contribution < 1.29 is 4.79 Å². The highest BCUT2D eigenvalue weighted by molar-refractivity contribution is 9.10. The molecule has 0 bridgehead atoms. The summed E-state index contributed by atoms with van der Waals surface area (Å²) in [4.78, 5) is 15.7. The minimum absolute atomic E-state index is 0.210. The summed E-state index contributed by atoms with van der Waals surface area (Å²) in [5, 5.41) is 6.21. The number of urea groups is 1. The molecule has 0 unspecified atom stereocenters. The number of carbonyl (C=O) groups excluding carboxylic acids is 1. The van der Waals surface area contributed by atoms with Crippen LogP contribution in [-0.4, -0.2) is 23.5 Å². The number of carbonyl (C=O) groups is 1. The first-order valence-electron chi connectivity index (χ1n) is 5.20. The van der Waals surface area contributed by atoms with Crippen molar-refractivity contribution in [1.29, 1.82) is 0 Å². The van der Waals surface area contributed by atoms with E-state index in [1.165, 1.54) is 0 Å². The number of thioether (sulfide) groups is 1. The van der Waals surface area contributed by atoms with Crippen molar-refractivity contribution >= 4 is 38.9 Å². The van der Waals surface area contributed by atoms with Crippen LogP contribution in [0.5, 0.6) is 0 Å². The van der Waals surface area contributed by atoms with E-state index in [0.717, 1.165) is 22.3 Å². The molecule has 0 spiro atoms. The Balaban J connectivity index is 1.79. The van der Waals surface area contributed by atoms with Gasteiger partial charge in [0.15, 0.2) is 5.17 Å². The third kappa shape index (κ3) is 4.05. The maximum atomic E-state index is 11.5. The van der Waals surface area contributed by atoms with Gasteiger partial charge in [-0.25, -0.2) is 4.79 Å². The molecule has 1 aliphatic rings. The summed E-state index contributed by atoms with van der Waals surface area (Å²) in [6.07, 6.45) is 0. The van der Waals surface area contributed by atoms with E-state index in [2.05, 4.69) is 31.6 Å². The summed E-state index contributed by atoms with van der Waals surface area (Å²) in [6, 6.07) is 7.62. The Morgan fingerprint density at radius 1 is 1.53 bits per heavy atom. The van der Waals surface area contributed by atoms with E-state index in [-0.39, 0.29) is 6.03 Å². The molecule has 0 aromatic heterocycles. The third-order valence-corrected chi connectivity index (χ3v) is 3.53. The molecule has 1 aromatic carbocycles. The lowest BCUT2D eigenvalue weighted by Gasteiger charge is -2.07. The molecule has 1 aromatic rings. The summed E-state index contributed by atoms with van der Waals surface area (Å²) in [5.41, 5.74) is 1.05. The number of hydrogen-bond donors (Lipinski definition) is 2. The van der Waals surface area contributed by atoms with Crippen LogP contribution >= 0.6 is 27.7 Å². The molecule has 4 nitrogen and oxygen atoms in total. The molecule has 0 radical (unpaired) electrons. The quantitative estimate of drug-likeness (QED) is 0.880. The van der Waals surface area contributed by atoms with Gasteiger partial charge in [-0.05, 0) is 17.7 Å². The summed E-state index contributed by atoms with van der Waals surface area (Å²) in [5.74, 6) is 0.946. The zero-order chi connectivity index (χ0) is 12.1. The Kier molecular flexibility index (Phi) is 4.44. The number of benzene rings is 1. The first-order valence-corrected chi connectivity index (χ1v) is 6.98. The maximum absolute atomic E-state index is 11.5. The second kappa shape index (κ2) is 6.07. The Bertz CT molecular complexity index is 450. The third-order valence-electron chi connectivity index (χ3n) is 2.15. The normalized spacial score (nSPS) is 14.3. The highest BCUT2D eigenvalue weighted by Gasteiger charge is 2.10. The number of amides is 2. The van der Waals surface area contributed by atoms with E-state index in [1.54, 1.807) is 11.8 Å². The second-order valence-corrected chi connectivity index (χ2v) is 5.47. The lowest BCUT2D eigenvalue weighted by molar-refractivity contribution is 0.245. The van der Waals surface area contributed by atoms with E-state index in [1.807, 2.05) is 24.3 Å². The summed E-state index contributed by atoms with van der Waals surface area (Å²) >= 11 is 4.95. The van der Waals surface area contributed by atoms with Gasteiger partial charge in [-0.15, -0.1) is 0 Å². The van der Waals surface area contributed by atoms with Gasteiger partial charge in [0.05, 0.1) is 6.54 Å². The lowest BCUT2D eigenvalue weighted by Crippen LogP contribution is -2.37. The second-order valence-electron chi connectivity index (χ2n) is 3.47. The molecule has 2 amide bonds. The molecule has 2 N–H and O–H groups in total. The Morgan fingerprint density at radius 2 is 2.41 bits per heavy atom. The van der Waals surface area contributed by atoms with Crippen LogP contribution in [0.1, 0.15) is 5.56 Å². The molecule has 1 heterocycles. The first kappa shape index (κ1) is 12.4. The number of nitrogens with zero attached hydrogens (tertiary/aromatic N) is 1. The summed E-state index contributed by atoms with van der Waals surface area (Å²) in [7, 11) is 0. The van der Waals surface area contributed by atoms with Crippen molar-refractivity contribution in [2.45, 2.75) is 6.54 Å². The predicted octanol–water partition coefficient (Wildman–Crippen LogP) is 2.35. The maximum Gasteiger partial charge on any atom is 0.321 e. The standard InChI is InChI=1S/C11H12BrN3OS/c12-9-3-1-2-8(6-9)7-14-10(16)15-11-13-4-5-17-11/h1-3,6H,4-5,7H2,(H2,13,14,15,16). The van der Waals surface area contributed by atoms with E-state index in [9.17, 15) is 4.79 Å². The van der Waals surface area contributed by atoms with Crippen LogP contribution in [0.15, 0.2) is 33.7 Å². The molecule has 2 rings (SSSR count). The van der Waals surface area contributed by atoms with Crippen molar-refractivity contribution in [3.63, 3.8) is 0 Å². The van der Waals surface area contributed by atoms with Crippen LogP contribution in [0.25, 0.3) is 0 Å². The van der Waals surface area contributed by atoms with Crippen LogP contribution in [0.4, 0.5) is 4.79 Å². The fraction of sp³-hybridized carbons (Fsp3) is 0.273. The molecular weight excluding hydrogens is 302 g/mol. The topological polar surface area (TPSA) is 53.5 Å². The average molecular weight is 314 g/mol. The molecule has 1 aliphatic heterocycles. The Morgan fingerprint density at radius 3 is 3.12 bits per heavy atom. The summed E-state index contributed by atoms with van der Waals surface area (Å²) in [6.45, 7) is 1.29. The number of nitrogens with one attached hydrogen (secondary N) is 2. The first-order chi connectivity index (χ1) is 8.24. The molecule has 0 saturated carbocycles. The Hall–Kier alpha value is -1.01. The van der Waals surface area contributed by atoms with Gasteiger partial charge >= 0.3 is 6.03 Å². The van der Waals surface area contributed by atoms with Gasteiger partial charge in [0.25, 0.3) is 0 Å². The average Bonchev–Trinajstić information content (AvgIpc) is 2.79. The van der Waals surface area contributed by atoms with Gasteiger partial charge in [-0.2, -0.15) is 0 Å². The number of rotatable bonds is 2. The van der Waals surface area contributed by atoms with E-state index in [0.29, 0.717) is 11.7 Å². The van der Waals surface area contributed by atoms with Gasteiger partial charge in [0, 0.05) is 16.8 Å². The molecule has 90 valence electrons. The number of aliphatic imine (C=N–C) groups is 1. The monoisotopic (exact) mass is 313 g/mol. The van der Waals surface area contributed by atoms with Crippen LogP contribution in [0.3, 0.4) is 0 Å². The van der Waals surface area contributed by atoms with Crippen LogP contribution in [-0.2, 0) is 6.54 Å². The molecule has 17 heavy (non-hydrogen) atoms. The Labute approximate surface area is 112 Å². The van der Waals surface area contributed by atoms with Gasteiger partial charge in [-0.3, -0.25) is 10.3 Å². The van der Waals surface area contributed by atoms with Crippen molar-refractivity contribution in [2.75, 3.05) is 12.3 Å².